The number of benzene rings is 1. The fraction of sp³-hybridized carbons (Fsp3) is 0.364. The van der Waals surface area contributed by atoms with Crippen LogP contribution >= 0.6 is 0 Å². The summed E-state index contributed by atoms with van der Waals surface area (Å²) in [7, 11) is 0. The van der Waals surface area contributed by atoms with Crippen LogP contribution in [0, 0.1) is 11.3 Å². The van der Waals surface area contributed by atoms with Gasteiger partial charge in [0.05, 0.1) is 6.61 Å². The molecule has 0 bridgehead atoms. The van der Waals surface area contributed by atoms with Crippen molar-refractivity contribution in [2.75, 3.05) is 6.61 Å². The second kappa shape index (κ2) is 5.72. The molecule has 1 rings (SSSR count). The molecule has 0 radical (unpaired) electrons. The minimum absolute atomic E-state index is 0.154. The first-order chi connectivity index (χ1) is 8.34. The van der Waals surface area contributed by atoms with Gasteiger partial charge in [-0.05, 0) is 17.7 Å². The number of alkyl halides is 3. The minimum atomic E-state index is -4.60. The predicted molar refractivity (Wildman–Crippen MR) is 59.3 cm³/mol. The third kappa shape index (κ3) is 3.92. The van der Waals surface area contributed by atoms with Crippen molar-refractivity contribution in [3.63, 3.8) is 0 Å². The van der Waals surface area contributed by atoms with E-state index in [9.17, 15) is 13.2 Å². The van der Waals surface area contributed by atoms with Crippen molar-refractivity contribution in [3.8, 4) is 5.75 Å². The Hall–Kier alpha value is -1.76. The first kappa shape index (κ1) is 14.3. The quantitative estimate of drug-likeness (QED) is 0.558. The number of aliphatic hydroxyl groups is 1. The van der Waals surface area contributed by atoms with Crippen molar-refractivity contribution in [2.45, 2.75) is 12.8 Å². The molecule has 1 aromatic rings. The van der Waals surface area contributed by atoms with Crippen molar-refractivity contribution in [3.05, 3.63) is 29.8 Å². The van der Waals surface area contributed by atoms with Gasteiger partial charge in [0.15, 0.2) is 0 Å². The zero-order valence-electron chi connectivity index (χ0n) is 9.37. The molecule has 1 aromatic carbocycles. The smallest absolute Gasteiger partial charge is 0.401 e. The van der Waals surface area contributed by atoms with E-state index in [1.807, 2.05) is 0 Å². The van der Waals surface area contributed by atoms with Crippen LogP contribution in [0.15, 0.2) is 24.3 Å². The average Bonchev–Trinajstić information content (AvgIpc) is 2.28. The molecule has 100 valence electrons. The molecule has 1 unspecified atom stereocenters. The number of ether oxygens (including phenoxy) is 1. The fourth-order valence-corrected chi connectivity index (χ4v) is 1.23. The minimum Gasteiger partial charge on any atom is -0.492 e. The first-order valence-corrected chi connectivity index (χ1v) is 5.08. The van der Waals surface area contributed by atoms with Gasteiger partial charge < -0.3 is 15.6 Å². The van der Waals surface area contributed by atoms with E-state index in [0.717, 1.165) is 0 Å². The van der Waals surface area contributed by atoms with Gasteiger partial charge in [-0.1, -0.05) is 12.1 Å². The Bertz CT molecular complexity index is 404. The summed E-state index contributed by atoms with van der Waals surface area (Å²) in [6, 6.07) is 5.95. The monoisotopic (exact) mass is 262 g/mol. The highest BCUT2D eigenvalue weighted by Gasteiger charge is 2.42. The van der Waals surface area contributed by atoms with Crippen molar-refractivity contribution >= 4 is 5.84 Å². The lowest BCUT2D eigenvalue weighted by Crippen LogP contribution is -2.39. The maximum atomic E-state index is 12.5. The van der Waals surface area contributed by atoms with Crippen molar-refractivity contribution in [1.82, 2.24) is 0 Å². The molecule has 18 heavy (non-hydrogen) atoms. The Morgan fingerprint density at radius 1 is 1.33 bits per heavy atom. The summed E-state index contributed by atoms with van der Waals surface area (Å²) in [5, 5.41) is 15.7. The van der Waals surface area contributed by atoms with Gasteiger partial charge in [0.1, 0.15) is 24.1 Å². The molecule has 1 atom stereocenters. The molecular formula is C11H13F3N2O2. The van der Waals surface area contributed by atoms with Crippen LogP contribution in [-0.4, -0.2) is 23.7 Å². The molecule has 0 saturated carbocycles. The molecular weight excluding hydrogens is 249 g/mol. The van der Waals surface area contributed by atoms with Gasteiger partial charge in [0.25, 0.3) is 0 Å². The molecule has 0 amide bonds. The molecule has 0 heterocycles. The summed E-state index contributed by atoms with van der Waals surface area (Å²) in [6.07, 6.45) is -4.60. The van der Waals surface area contributed by atoms with Gasteiger partial charge in [-0.3, -0.25) is 5.41 Å². The van der Waals surface area contributed by atoms with Gasteiger partial charge in [0, 0.05) is 0 Å². The first-order valence-electron chi connectivity index (χ1n) is 5.08. The van der Waals surface area contributed by atoms with E-state index in [-0.39, 0.29) is 12.4 Å². The van der Waals surface area contributed by atoms with Crippen LogP contribution in [0.1, 0.15) is 5.56 Å². The van der Waals surface area contributed by atoms with Gasteiger partial charge in [-0.25, -0.2) is 0 Å². The molecule has 4 nitrogen and oxygen atoms in total. The van der Waals surface area contributed by atoms with Crippen molar-refractivity contribution in [1.29, 1.82) is 5.41 Å². The molecule has 0 aliphatic carbocycles. The highest BCUT2D eigenvalue weighted by atomic mass is 19.4. The van der Waals surface area contributed by atoms with E-state index in [2.05, 4.69) is 0 Å². The highest BCUT2D eigenvalue weighted by molar-refractivity contribution is 5.80. The van der Waals surface area contributed by atoms with Crippen LogP contribution in [-0.2, 0) is 6.61 Å². The summed E-state index contributed by atoms with van der Waals surface area (Å²) in [5.41, 5.74) is 5.51. The molecule has 4 N–H and O–H groups in total. The second-order valence-corrected chi connectivity index (χ2v) is 3.66. The van der Waals surface area contributed by atoms with E-state index in [4.69, 9.17) is 21.0 Å². The fourth-order valence-electron chi connectivity index (χ4n) is 1.23. The average molecular weight is 262 g/mol. The third-order valence-corrected chi connectivity index (χ3v) is 2.29. The Morgan fingerprint density at radius 2 is 1.89 bits per heavy atom. The lowest BCUT2D eigenvalue weighted by atomic mass is 10.1. The lowest BCUT2D eigenvalue weighted by molar-refractivity contribution is -0.162. The van der Waals surface area contributed by atoms with E-state index in [1.165, 1.54) is 24.3 Å². The zero-order chi connectivity index (χ0) is 13.8. The Balaban J connectivity index is 2.64. The number of aliphatic hydroxyl groups excluding tert-OH is 1. The van der Waals surface area contributed by atoms with E-state index >= 15 is 0 Å². The number of nitrogens with one attached hydrogen (secondary N) is 1. The van der Waals surface area contributed by atoms with E-state index < -0.39 is 24.5 Å². The summed E-state index contributed by atoms with van der Waals surface area (Å²) >= 11 is 0. The van der Waals surface area contributed by atoms with Crippen LogP contribution in [0.4, 0.5) is 13.2 Å². The van der Waals surface area contributed by atoms with Crippen LogP contribution in [0.3, 0.4) is 0 Å². The number of nitrogens with two attached hydrogens (primary N) is 1. The third-order valence-electron chi connectivity index (χ3n) is 2.29. The van der Waals surface area contributed by atoms with Gasteiger partial charge in [0.2, 0.25) is 0 Å². The predicted octanol–water partition coefficient (Wildman–Crippen LogP) is 1.67. The lowest BCUT2D eigenvalue weighted by Gasteiger charge is -2.19. The van der Waals surface area contributed by atoms with Gasteiger partial charge >= 0.3 is 6.18 Å². The summed E-state index contributed by atoms with van der Waals surface area (Å²) in [5.74, 6) is -2.87. The van der Waals surface area contributed by atoms with E-state index in [1.54, 1.807) is 0 Å². The van der Waals surface area contributed by atoms with Crippen LogP contribution < -0.4 is 10.5 Å². The maximum Gasteiger partial charge on any atom is 0.401 e. The zero-order valence-corrected chi connectivity index (χ0v) is 9.37. The Morgan fingerprint density at radius 3 is 2.28 bits per heavy atom. The van der Waals surface area contributed by atoms with Crippen LogP contribution in [0.2, 0.25) is 0 Å². The van der Waals surface area contributed by atoms with Gasteiger partial charge in [-0.2, -0.15) is 13.2 Å². The normalized spacial score (nSPS) is 13.1. The largest absolute Gasteiger partial charge is 0.492 e. The Labute approximate surface area is 102 Å². The maximum absolute atomic E-state index is 12.5. The topological polar surface area (TPSA) is 79.3 Å². The number of hydrogen-bond donors (Lipinski definition) is 3. The number of halogens is 3. The highest BCUT2D eigenvalue weighted by Crippen LogP contribution is 2.27. The number of amidine groups is 1. The standard InChI is InChI=1S/C11H13F3N2O2/c12-11(13,14)9(10(15)16)6-18-8-3-1-7(5-17)2-4-8/h1-4,9,17H,5-6H2,(H3,15,16). The molecule has 0 spiro atoms. The van der Waals surface area contributed by atoms with Crippen LogP contribution in [0.25, 0.3) is 0 Å². The van der Waals surface area contributed by atoms with Crippen molar-refractivity contribution < 1.29 is 23.0 Å². The Kier molecular flexibility index (Phi) is 4.55. The molecule has 7 heteroatoms. The van der Waals surface area contributed by atoms with Gasteiger partial charge in [-0.15, -0.1) is 0 Å². The number of rotatable bonds is 5. The SMILES string of the molecule is N=C(N)C(COc1ccc(CO)cc1)C(F)(F)F. The molecule has 0 aliphatic heterocycles. The van der Waals surface area contributed by atoms with E-state index in [0.29, 0.717) is 5.56 Å². The van der Waals surface area contributed by atoms with Crippen molar-refractivity contribution in [2.24, 2.45) is 11.7 Å². The second-order valence-electron chi connectivity index (χ2n) is 3.66. The molecule has 0 aromatic heterocycles. The molecule has 0 fully saturated rings. The summed E-state index contributed by atoms with van der Waals surface area (Å²) in [4.78, 5) is 0. The summed E-state index contributed by atoms with van der Waals surface area (Å²) in [6.45, 7) is -0.893. The van der Waals surface area contributed by atoms with Crippen LogP contribution in [0.5, 0.6) is 5.75 Å². The molecule has 0 aliphatic rings. The number of hydrogen-bond acceptors (Lipinski definition) is 3. The molecule has 0 saturated heterocycles. The summed E-state index contributed by atoms with van der Waals surface area (Å²) < 4.78 is 42.3.